The molecule has 0 radical (unpaired) electrons. The van der Waals surface area contributed by atoms with Crippen molar-refractivity contribution in [1.29, 1.82) is 0 Å². The molecule has 3 heteroatoms. The van der Waals surface area contributed by atoms with Crippen LogP contribution in [0.2, 0.25) is 0 Å². The van der Waals surface area contributed by atoms with E-state index in [1.807, 2.05) is 0 Å². The topological polar surface area (TPSA) is 50.7 Å². The molecule has 0 aromatic heterocycles. The molecule has 2 N–H and O–H groups in total. The number of hydrogen-bond acceptors (Lipinski definition) is 3. The van der Waals surface area contributed by atoms with Gasteiger partial charge in [-0.3, -0.25) is 9.98 Å². The van der Waals surface area contributed by atoms with E-state index in [4.69, 9.17) is 5.73 Å². The van der Waals surface area contributed by atoms with Gasteiger partial charge in [0.15, 0.2) is 0 Å². The van der Waals surface area contributed by atoms with Gasteiger partial charge in [-0.25, -0.2) is 0 Å². The number of nitrogens with two attached hydrogens (primary N) is 1. The average Bonchev–Trinajstić information content (AvgIpc) is 1.89. The first kappa shape index (κ1) is 8.88. The van der Waals surface area contributed by atoms with Crippen molar-refractivity contribution in [2.24, 2.45) is 15.7 Å². The molecule has 10 heavy (non-hydrogen) atoms. The maximum Gasteiger partial charge on any atom is 0.0681 e. The normalized spacial score (nSPS) is 12.3. The maximum absolute atomic E-state index is 5.40. The minimum absolute atomic E-state index is 0.545. The number of rotatable bonds is 4. The Labute approximate surface area is 61.4 Å². The summed E-state index contributed by atoms with van der Waals surface area (Å²) in [6, 6.07) is 0. The predicted octanol–water partition coefficient (Wildman–Crippen LogP) is 0.968. The van der Waals surface area contributed by atoms with Gasteiger partial charge in [-0.1, -0.05) is 6.92 Å². The molecule has 0 bridgehead atoms. The lowest BCUT2D eigenvalue weighted by Gasteiger charge is -1.87. The Morgan fingerprint density at radius 3 is 2.90 bits per heavy atom. The summed E-state index contributed by atoms with van der Waals surface area (Å²) in [6.45, 7) is 6.13. The molecule has 0 unspecified atom stereocenters. The number of hydrogen-bond donors (Lipinski definition) is 1. The molecular formula is C7H13N3. The van der Waals surface area contributed by atoms with Crippen LogP contribution in [0, 0.1) is 0 Å². The summed E-state index contributed by atoms with van der Waals surface area (Å²) in [5.41, 5.74) is 5.95. The Morgan fingerprint density at radius 2 is 2.40 bits per heavy atom. The first-order valence-electron chi connectivity index (χ1n) is 3.22. The summed E-state index contributed by atoms with van der Waals surface area (Å²) < 4.78 is 0. The summed E-state index contributed by atoms with van der Waals surface area (Å²) >= 11 is 0. The van der Waals surface area contributed by atoms with Gasteiger partial charge in [0.1, 0.15) is 0 Å². The number of aliphatic imine (C=N–C) groups is 2. The molecule has 0 heterocycles. The molecule has 0 saturated heterocycles. The van der Waals surface area contributed by atoms with E-state index >= 15 is 0 Å². The van der Waals surface area contributed by atoms with Gasteiger partial charge in [0.25, 0.3) is 0 Å². The third kappa shape index (κ3) is 5.03. The molecule has 0 aromatic rings. The Bertz CT molecular complexity index is 147. The molecule has 0 fully saturated rings. The average molecular weight is 139 g/mol. The zero-order chi connectivity index (χ0) is 7.82. The summed E-state index contributed by atoms with van der Waals surface area (Å²) in [4.78, 5) is 7.49. The highest BCUT2D eigenvalue weighted by Gasteiger charge is 1.78. The third-order valence-corrected chi connectivity index (χ3v) is 0.833. The third-order valence-electron chi connectivity index (χ3n) is 0.833. The zero-order valence-electron chi connectivity index (χ0n) is 6.25. The molecule has 56 valence electrons. The van der Waals surface area contributed by atoms with Crippen LogP contribution in [-0.2, 0) is 0 Å². The van der Waals surface area contributed by atoms with Gasteiger partial charge in [-0.15, -0.1) is 0 Å². The number of allylic oxidation sites excluding steroid dienone is 1. The van der Waals surface area contributed by atoms with E-state index in [1.54, 1.807) is 6.21 Å². The number of nitrogens with zero attached hydrogens (tertiary/aromatic N) is 2. The van der Waals surface area contributed by atoms with Gasteiger partial charge >= 0.3 is 0 Å². The van der Waals surface area contributed by atoms with Gasteiger partial charge in [-0.05, 0) is 13.1 Å². The smallest absolute Gasteiger partial charge is 0.0681 e. The van der Waals surface area contributed by atoms with Crippen molar-refractivity contribution in [3.63, 3.8) is 0 Å². The van der Waals surface area contributed by atoms with Gasteiger partial charge in [0.05, 0.1) is 11.9 Å². The van der Waals surface area contributed by atoms with E-state index < -0.39 is 0 Å². The molecule has 0 aromatic carbocycles. The first-order chi connectivity index (χ1) is 4.81. The molecule has 3 nitrogen and oxygen atoms in total. The van der Waals surface area contributed by atoms with Crippen LogP contribution in [0.25, 0.3) is 0 Å². The molecule has 0 saturated carbocycles. The van der Waals surface area contributed by atoms with Crippen LogP contribution in [0.15, 0.2) is 21.9 Å². The van der Waals surface area contributed by atoms with E-state index in [1.165, 1.54) is 6.20 Å². The molecule has 0 amide bonds. The largest absolute Gasteiger partial charge is 0.396 e. The van der Waals surface area contributed by atoms with Crippen molar-refractivity contribution in [2.75, 3.05) is 6.54 Å². The molecular weight excluding hydrogens is 126 g/mol. The first-order valence-corrected chi connectivity index (χ1v) is 3.22. The fraction of sp³-hybridized carbons (Fsp3) is 0.429. The Morgan fingerprint density at radius 1 is 1.70 bits per heavy atom. The minimum Gasteiger partial charge on any atom is -0.396 e. The van der Waals surface area contributed by atoms with E-state index in [9.17, 15) is 0 Å². The van der Waals surface area contributed by atoms with Crippen LogP contribution in [0.3, 0.4) is 0 Å². The lowest BCUT2D eigenvalue weighted by Crippen LogP contribution is -1.97. The molecule has 0 aliphatic carbocycles. The van der Waals surface area contributed by atoms with Crippen molar-refractivity contribution in [3.05, 3.63) is 11.9 Å². The second kappa shape index (κ2) is 6.01. The van der Waals surface area contributed by atoms with E-state index in [2.05, 4.69) is 23.6 Å². The highest BCUT2D eigenvalue weighted by atomic mass is 14.8. The van der Waals surface area contributed by atoms with Crippen LogP contribution in [0.1, 0.15) is 13.3 Å². The van der Waals surface area contributed by atoms with Crippen LogP contribution >= 0.6 is 0 Å². The summed E-state index contributed by atoms with van der Waals surface area (Å²) in [7, 11) is 0. The van der Waals surface area contributed by atoms with Crippen LogP contribution in [-0.4, -0.2) is 19.5 Å². The van der Waals surface area contributed by atoms with E-state index in [0.29, 0.717) is 5.70 Å². The Balaban J connectivity index is 3.65. The van der Waals surface area contributed by atoms with Crippen LogP contribution in [0.4, 0.5) is 0 Å². The summed E-state index contributed by atoms with van der Waals surface area (Å²) in [5, 5.41) is 0. The second-order valence-electron chi connectivity index (χ2n) is 1.85. The maximum atomic E-state index is 5.40. The molecule has 0 spiro atoms. The fourth-order valence-electron chi connectivity index (χ4n) is 0.438. The minimum atomic E-state index is 0.545. The van der Waals surface area contributed by atoms with E-state index in [-0.39, 0.29) is 0 Å². The monoisotopic (exact) mass is 139 g/mol. The van der Waals surface area contributed by atoms with Gasteiger partial charge in [-0.2, -0.15) is 0 Å². The van der Waals surface area contributed by atoms with Gasteiger partial charge < -0.3 is 5.73 Å². The molecule has 0 rings (SSSR count). The standard InChI is InChI=1S/C7H13N3/c1-3-4-10-6-7(8)5-9-2/h5-6H,2-4,8H2,1H3/b7-5+,10-6-. The van der Waals surface area contributed by atoms with Crippen molar-refractivity contribution >= 4 is 12.9 Å². The van der Waals surface area contributed by atoms with Crippen LogP contribution < -0.4 is 5.73 Å². The second-order valence-corrected chi connectivity index (χ2v) is 1.85. The summed E-state index contributed by atoms with van der Waals surface area (Å²) in [6.07, 6.45) is 4.10. The lowest BCUT2D eigenvalue weighted by atomic mass is 10.5. The van der Waals surface area contributed by atoms with Gasteiger partial charge in [0.2, 0.25) is 0 Å². The molecule has 0 atom stereocenters. The van der Waals surface area contributed by atoms with E-state index in [0.717, 1.165) is 13.0 Å². The lowest BCUT2D eigenvalue weighted by molar-refractivity contribution is 0.936. The predicted molar refractivity (Wildman–Crippen MR) is 45.5 cm³/mol. The van der Waals surface area contributed by atoms with Crippen molar-refractivity contribution in [2.45, 2.75) is 13.3 Å². The Hall–Kier alpha value is -1.12. The van der Waals surface area contributed by atoms with Crippen molar-refractivity contribution in [1.82, 2.24) is 0 Å². The molecule has 0 aliphatic heterocycles. The fourth-order valence-corrected chi connectivity index (χ4v) is 0.438. The molecule has 0 aliphatic rings. The highest BCUT2D eigenvalue weighted by molar-refractivity contribution is 5.77. The quantitative estimate of drug-likeness (QED) is 0.579. The van der Waals surface area contributed by atoms with Crippen molar-refractivity contribution < 1.29 is 0 Å². The van der Waals surface area contributed by atoms with Gasteiger partial charge in [0, 0.05) is 12.8 Å². The SMILES string of the molecule is C=N/C=C(N)\C=N/CCC. The van der Waals surface area contributed by atoms with Crippen LogP contribution in [0.5, 0.6) is 0 Å². The highest BCUT2D eigenvalue weighted by Crippen LogP contribution is 1.81. The summed E-state index contributed by atoms with van der Waals surface area (Å²) in [5.74, 6) is 0. The van der Waals surface area contributed by atoms with Crippen molar-refractivity contribution in [3.8, 4) is 0 Å². The Kier molecular flexibility index (Phi) is 5.33. The zero-order valence-corrected chi connectivity index (χ0v) is 6.25.